The summed E-state index contributed by atoms with van der Waals surface area (Å²) in [7, 11) is 1.68. The lowest BCUT2D eigenvalue weighted by molar-refractivity contribution is 0.0274. The normalized spacial score (nSPS) is 20.5. The molecule has 4 rings (SSSR count). The molecule has 2 aromatic rings. The van der Waals surface area contributed by atoms with Crippen LogP contribution in [0.25, 0.3) is 0 Å². The molecule has 1 saturated heterocycles. The fraction of sp³-hybridized carbons (Fsp3) is 0.458. The summed E-state index contributed by atoms with van der Waals surface area (Å²) in [6.07, 6.45) is 4.53. The number of carbonyl (C=O) groups excluding carboxylic acids is 1. The van der Waals surface area contributed by atoms with Crippen LogP contribution in [0.3, 0.4) is 0 Å². The quantitative estimate of drug-likeness (QED) is 0.857. The van der Waals surface area contributed by atoms with Crippen molar-refractivity contribution in [3.63, 3.8) is 0 Å². The Bertz CT molecular complexity index is 798. The smallest absolute Gasteiger partial charge is 0.251 e. The summed E-state index contributed by atoms with van der Waals surface area (Å²) in [4.78, 5) is 14.5. The van der Waals surface area contributed by atoms with Gasteiger partial charge in [-0.25, -0.2) is 0 Å². The largest absolute Gasteiger partial charge is 0.373 e. The SMILES string of the molecule is CNC(=O)c1ccc2c(c1)CCOC2CCN1CCC(c2ccccc2)CC1. The van der Waals surface area contributed by atoms with Crippen LogP contribution >= 0.6 is 0 Å². The van der Waals surface area contributed by atoms with Gasteiger partial charge in [-0.05, 0) is 73.5 Å². The van der Waals surface area contributed by atoms with Gasteiger partial charge in [0.15, 0.2) is 0 Å². The molecule has 4 heteroatoms. The van der Waals surface area contributed by atoms with Crippen molar-refractivity contribution in [2.24, 2.45) is 0 Å². The summed E-state index contributed by atoms with van der Waals surface area (Å²) < 4.78 is 6.09. The lowest BCUT2D eigenvalue weighted by atomic mass is 9.89. The zero-order valence-electron chi connectivity index (χ0n) is 16.7. The summed E-state index contributed by atoms with van der Waals surface area (Å²) in [5.41, 5.74) is 4.75. The Kier molecular flexibility index (Phi) is 6.08. The number of nitrogens with one attached hydrogen (secondary N) is 1. The van der Waals surface area contributed by atoms with Gasteiger partial charge in [-0.15, -0.1) is 0 Å². The predicted octanol–water partition coefficient (Wildman–Crippen LogP) is 3.93. The van der Waals surface area contributed by atoms with Crippen LogP contribution in [0.2, 0.25) is 0 Å². The predicted molar refractivity (Wildman–Crippen MR) is 112 cm³/mol. The first-order valence-electron chi connectivity index (χ1n) is 10.5. The Balaban J connectivity index is 1.32. The van der Waals surface area contributed by atoms with E-state index in [0.29, 0.717) is 5.92 Å². The summed E-state index contributed by atoms with van der Waals surface area (Å²) >= 11 is 0. The Morgan fingerprint density at radius 2 is 1.93 bits per heavy atom. The fourth-order valence-electron chi connectivity index (χ4n) is 4.58. The number of benzene rings is 2. The van der Waals surface area contributed by atoms with Gasteiger partial charge in [0.25, 0.3) is 5.91 Å². The number of amides is 1. The standard InChI is InChI=1S/C24H30N2O2/c1-25-24(27)21-7-8-22-20(17-21)12-16-28-23(22)11-15-26-13-9-19(10-14-26)18-5-3-2-4-6-18/h2-8,17,19,23H,9-16H2,1H3,(H,25,27). The summed E-state index contributed by atoms with van der Waals surface area (Å²) in [5.74, 6) is 0.680. The topological polar surface area (TPSA) is 41.6 Å². The van der Waals surface area contributed by atoms with E-state index >= 15 is 0 Å². The van der Waals surface area contributed by atoms with Gasteiger partial charge in [0.05, 0.1) is 12.7 Å². The van der Waals surface area contributed by atoms with E-state index in [-0.39, 0.29) is 12.0 Å². The zero-order valence-corrected chi connectivity index (χ0v) is 16.7. The van der Waals surface area contributed by atoms with E-state index < -0.39 is 0 Å². The number of likely N-dealkylation sites (tertiary alicyclic amines) is 1. The van der Waals surface area contributed by atoms with Crippen molar-refractivity contribution in [1.29, 1.82) is 0 Å². The van der Waals surface area contributed by atoms with Crippen LogP contribution in [0.5, 0.6) is 0 Å². The average molecular weight is 379 g/mol. The second kappa shape index (κ2) is 8.89. The highest BCUT2D eigenvalue weighted by molar-refractivity contribution is 5.94. The third-order valence-electron chi connectivity index (χ3n) is 6.24. The number of ether oxygens (including phenoxy) is 1. The third kappa shape index (κ3) is 4.29. The summed E-state index contributed by atoms with van der Waals surface area (Å²) in [5, 5.41) is 2.71. The Hall–Kier alpha value is -2.17. The molecule has 1 fully saturated rings. The summed E-state index contributed by atoms with van der Waals surface area (Å²) in [6.45, 7) is 4.14. The highest BCUT2D eigenvalue weighted by atomic mass is 16.5. The van der Waals surface area contributed by atoms with Crippen molar-refractivity contribution < 1.29 is 9.53 Å². The zero-order chi connectivity index (χ0) is 19.3. The maximum absolute atomic E-state index is 11.9. The van der Waals surface area contributed by atoms with E-state index in [9.17, 15) is 4.79 Å². The molecular weight excluding hydrogens is 348 g/mol. The van der Waals surface area contributed by atoms with E-state index in [1.165, 1.54) is 29.5 Å². The molecule has 0 radical (unpaired) electrons. The molecule has 2 aromatic carbocycles. The molecule has 1 N–H and O–H groups in total. The van der Waals surface area contributed by atoms with Gasteiger partial charge in [-0.2, -0.15) is 0 Å². The number of hydrogen-bond donors (Lipinski definition) is 1. The maximum atomic E-state index is 11.9. The van der Waals surface area contributed by atoms with Gasteiger partial charge in [0, 0.05) is 19.2 Å². The first-order chi connectivity index (χ1) is 13.7. The third-order valence-corrected chi connectivity index (χ3v) is 6.24. The maximum Gasteiger partial charge on any atom is 0.251 e. The van der Waals surface area contributed by atoms with Crippen molar-refractivity contribution >= 4 is 5.91 Å². The average Bonchev–Trinajstić information content (AvgIpc) is 2.77. The number of carbonyl (C=O) groups is 1. The minimum atomic E-state index is -0.0212. The van der Waals surface area contributed by atoms with Crippen molar-refractivity contribution in [2.45, 2.75) is 37.7 Å². The molecule has 4 nitrogen and oxygen atoms in total. The van der Waals surface area contributed by atoms with Crippen molar-refractivity contribution in [3.8, 4) is 0 Å². The second-order valence-electron chi connectivity index (χ2n) is 7.92. The lowest BCUT2D eigenvalue weighted by Gasteiger charge is -2.34. The first-order valence-corrected chi connectivity index (χ1v) is 10.5. The Labute approximate surface area is 167 Å². The van der Waals surface area contributed by atoms with Gasteiger partial charge in [-0.1, -0.05) is 36.4 Å². The van der Waals surface area contributed by atoms with Crippen LogP contribution in [0.1, 0.15) is 58.3 Å². The molecule has 2 heterocycles. The van der Waals surface area contributed by atoms with E-state index in [0.717, 1.165) is 44.6 Å². The van der Waals surface area contributed by atoms with E-state index in [4.69, 9.17) is 4.74 Å². The van der Waals surface area contributed by atoms with Crippen LogP contribution in [-0.2, 0) is 11.2 Å². The van der Waals surface area contributed by atoms with Crippen molar-refractivity contribution in [3.05, 3.63) is 70.8 Å². The van der Waals surface area contributed by atoms with Crippen LogP contribution in [0.4, 0.5) is 0 Å². The Morgan fingerprint density at radius 1 is 1.14 bits per heavy atom. The van der Waals surface area contributed by atoms with Crippen LogP contribution in [-0.4, -0.2) is 44.1 Å². The van der Waals surface area contributed by atoms with Gasteiger partial charge in [0.2, 0.25) is 0 Å². The molecule has 0 aliphatic carbocycles. The van der Waals surface area contributed by atoms with Gasteiger partial charge >= 0.3 is 0 Å². The van der Waals surface area contributed by atoms with Crippen molar-refractivity contribution in [1.82, 2.24) is 10.2 Å². The minimum absolute atomic E-state index is 0.0212. The van der Waals surface area contributed by atoms with Crippen LogP contribution in [0, 0.1) is 0 Å². The summed E-state index contributed by atoms with van der Waals surface area (Å²) in [6, 6.07) is 17.0. The van der Waals surface area contributed by atoms with Gasteiger partial charge in [-0.3, -0.25) is 4.79 Å². The molecule has 2 aliphatic heterocycles. The molecule has 0 saturated carbocycles. The monoisotopic (exact) mass is 378 g/mol. The number of fused-ring (bicyclic) bond motifs is 1. The van der Waals surface area contributed by atoms with E-state index in [1.54, 1.807) is 7.05 Å². The molecule has 2 aliphatic rings. The van der Waals surface area contributed by atoms with E-state index in [2.05, 4.69) is 46.6 Å². The second-order valence-corrected chi connectivity index (χ2v) is 7.92. The molecule has 148 valence electrons. The minimum Gasteiger partial charge on any atom is -0.373 e. The highest BCUT2D eigenvalue weighted by Crippen LogP contribution is 2.32. The van der Waals surface area contributed by atoms with Gasteiger partial charge < -0.3 is 15.0 Å². The Morgan fingerprint density at radius 3 is 2.68 bits per heavy atom. The number of rotatable bonds is 5. The van der Waals surface area contributed by atoms with E-state index in [1.807, 2.05) is 12.1 Å². The number of hydrogen-bond acceptors (Lipinski definition) is 3. The molecule has 0 aromatic heterocycles. The molecule has 0 spiro atoms. The number of piperidine rings is 1. The molecule has 1 amide bonds. The first kappa shape index (κ1) is 19.2. The fourth-order valence-corrected chi connectivity index (χ4v) is 4.58. The molecule has 0 bridgehead atoms. The molecule has 1 unspecified atom stereocenters. The molecular formula is C24H30N2O2. The van der Waals surface area contributed by atoms with Crippen molar-refractivity contribution in [2.75, 3.05) is 33.3 Å². The highest BCUT2D eigenvalue weighted by Gasteiger charge is 2.25. The van der Waals surface area contributed by atoms with Crippen LogP contribution < -0.4 is 5.32 Å². The lowest BCUT2D eigenvalue weighted by Crippen LogP contribution is -2.34. The molecule has 28 heavy (non-hydrogen) atoms. The van der Waals surface area contributed by atoms with Crippen LogP contribution in [0.15, 0.2) is 48.5 Å². The number of nitrogens with zero attached hydrogens (tertiary/aromatic N) is 1. The van der Waals surface area contributed by atoms with Gasteiger partial charge in [0.1, 0.15) is 0 Å². The molecule has 1 atom stereocenters.